The van der Waals surface area contributed by atoms with Crippen molar-refractivity contribution in [3.63, 3.8) is 0 Å². The molecule has 0 bridgehead atoms. The molecule has 104 valence electrons. The molecule has 3 nitrogen and oxygen atoms in total. The van der Waals surface area contributed by atoms with E-state index in [4.69, 9.17) is 11.6 Å². The second-order valence-corrected chi connectivity index (χ2v) is 7.58. The van der Waals surface area contributed by atoms with Crippen molar-refractivity contribution in [3.8, 4) is 0 Å². The van der Waals surface area contributed by atoms with Gasteiger partial charge in [-0.15, -0.1) is 11.6 Å². The fourth-order valence-corrected chi connectivity index (χ4v) is 4.48. The molecule has 2 aromatic carbocycles. The number of nitrogens with zero attached hydrogens (tertiary/aromatic N) is 1. The summed E-state index contributed by atoms with van der Waals surface area (Å²) in [5.41, 5.74) is 0.959. The Hall–Kier alpha value is -1.36. The number of rotatable bonds is 3. The highest BCUT2D eigenvalue weighted by Crippen LogP contribution is 2.41. The van der Waals surface area contributed by atoms with Gasteiger partial charge in [-0.25, -0.2) is 8.42 Å². The van der Waals surface area contributed by atoms with Crippen LogP contribution in [0.4, 0.5) is 0 Å². The Morgan fingerprint density at radius 2 is 1.40 bits per heavy atom. The zero-order valence-electron chi connectivity index (χ0n) is 10.7. The highest BCUT2D eigenvalue weighted by Gasteiger charge is 2.48. The van der Waals surface area contributed by atoms with Gasteiger partial charge in [0.15, 0.2) is 0 Å². The summed E-state index contributed by atoms with van der Waals surface area (Å²) < 4.78 is 26.2. The van der Waals surface area contributed by atoms with Crippen LogP contribution in [-0.4, -0.2) is 25.8 Å². The maximum atomic E-state index is 12.4. The van der Waals surface area contributed by atoms with E-state index in [0.29, 0.717) is 18.0 Å². The van der Waals surface area contributed by atoms with Gasteiger partial charge in [-0.2, -0.15) is 4.31 Å². The van der Waals surface area contributed by atoms with Crippen molar-refractivity contribution >= 4 is 21.6 Å². The van der Waals surface area contributed by atoms with Crippen molar-refractivity contribution in [2.75, 3.05) is 13.1 Å². The van der Waals surface area contributed by atoms with Crippen molar-refractivity contribution in [2.24, 2.45) is 0 Å². The minimum absolute atomic E-state index is 0.301. The Morgan fingerprint density at radius 3 is 1.95 bits per heavy atom. The van der Waals surface area contributed by atoms with Crippen LogP contribution < -0.4 is 0 Å². The van der Waals surface area contributed by atoms with E-state index in [0.717, 1.165) is 5.56 Å². The third-order valence-corrected chi connectivity index (χ3v) is 5.79. The van der Waals surface area contributed by atoms with E-state index >= 15 is 0 Å². The number of halogens is 1. The Bertz CT molecular complexity index is 695. The average Bonchev–Trinajstić information content (AvgIpc) is 2.46. The predicted octanol–water partition coefficient (Wildman–Crippen LogP) is 2.83. The van der Waals surface area contributed by atoms with Crippen LogP contribution in [0.25, 0.3) is 0 Å². The Kier molecular flexibility index (Phi) is 3.32. The summed E-state index contributed by atoms with van der Waals surface area (Å²) in [6, 6.07) is 18.0. The highest BCUT2D eigenvalue weighted by atomic mass is 35.5. The molecule has 0 N–H and O–H groups in total. The van der Waals surface area contributed by atoms with Gasteiger partial charge in [0.1, 0.15) is 0 Å². The molecule has 1 fully saturated rings. The second kappa shape index (κ2) is 4.88. The number of hydrogen-bond acceptors (Lipinski definition) is 2. The van der Waals surface area contributed by atoms with Crippen LogP contribution in [0, 0.1) is 0 Å². The lowest BCUT2D eigenvalue weighted by atomic mass is 9.93. The summed E-state index contributed by atoms with van der Waals surface area (Å²) in [5, 5.41) is 0. The fourth-order valence-electron chi connectivity index (χ4n) is 2.34. The number of sulfonamides is 1. The largest absolute Gasteiger partial charge is 0.243 e. The first-order valence-corrected chi connectivity index (χ1v) is 8.14. The molecule has 1 aliphatic rings. The Labute approximate surface area is 123 Å². The van der Waals surface area contributed by atoms with E-state index in [1.54, 1.807) is 30.3 Å². The lowest BCUT2D eigenvalue weighted by Crippen LogP contribution is -2.57. The Balaban J connectivity index is 1.81. The maximum absolute atomic E-state index is 12.4. The quantitative estimate of drug-likeness (QED) is 0.818. The van der Waals surface area contributed by atoms with Gasteiger partial charge < -0.3 is 0 Å². The molecule has 0 saturated carbocycles. The molecule has 0 radical (unpaired) electrons. The van der Waals surface area contributed by atoms with Crippen LogP contribution in [0.1, 0.15) is 5.56 Å². The van der Waals surface area contributed by atoms with Crippen LogP contribution in [-0.2, 0) is 14.9 Å². The van der Waals surface area contributed by atoms with E-state index < -0.39 is 14.9 Å². The third-order valence-electron chi connectivity index (χ3n) is 3.53. The molecule has 2 aromatic rings. The minimum Gasteiger partial charge on any atom is -0.207 e. The molecule has 3 rings (SSSR count). The molecule has 0 aromatic heterocycles. The van der Waals surface area contributed by atoms with Crippen molar-refractivity contribution < 1.29 is 8.42 Å². The summed E-state index contributed by atoms with van der Waals surface area (Å²) >= 11 is 6.51. The van der Waals surface area contributed by atoms with Crippen LogP contribution in [0.5, 0.6) is 0 Å². The minimum atomic E-state index is -3.43. The first kappa shape index (κ1) is 13.6. The van der Waals surface area contributed by atoms with Gasteiger partial charge in [-0.3, -0.25) is 0 Å². The van der Waals surface area contributed by atoms with Crippen molar-refractivity contribution in [2.45, 2.75) is 9.77 Å². The summed E-state index contributed by atoms with van der Waals surface area (Å²) in [5.74, 6) is 0. The predicted molar refractivity (Wildman–Crippen MR) is 79.2 cm³/mol. The van der Waals surface area contributed by atoms with Gasteiger partial charge >= 0.3 is 0 Å². The molecule has 0 atom stereocenters. The van der Waals surface area contributed by atoms with Gasteiger partial charge in [0.25, 0.3) is 0 Å². The second-order valence-electron chi connectivity index (χ2n) is 4.92. The molecule has 1 heterocycles. The molecule has 1 aliphatic heterocycles. The summed E-state index contributed by atoms with van der Waals surface area (Å²) in [7, 11) is -3.43. The smallest absolute Gasteiger partial charge is 0.207 e. The van der Waals surface area contributed by atoms with Gasteiger partial charge in [0.05, 0.1) is 9.77 Å². The summed E-state index contributed by atoms with van der Waals surface area (Å²) in [4.78, 5) is -0.296. The molecule has 0 unspecified atom stereocenters. The number of hydrogen-bond donors (Lipinski definition) is 0. The lowest BCUT2D eigenvalue weighted by molar-refractivity contribution is 0.229. The van der Waals surface area contributed by atoms with Gasteiger partial charge in [-0.05, 0) is 17.7 Å². The van der Waals surface area contributed by atoms with E-state index in [-0.39, 0.29) is 0 Å². The zero-order chi connectivity index (χ0) is 14.2. The molecule has 0 spiro atoms. The average molecular weight is 308 g/mol. The number of benzene rings is 2. The summed E-state index contributed by atoms with van der Waals surface area (Å²) in [6.45, 7) is 0.603. The molecule has 20 heavy (non-hydrogen) atoms. The first-order chi connectivity index (χ1) is 9.52. The van der Waals surface area contributed by atoms with E-state index in [1.807, 2.05) is 30.3 Å². The lowest BCUT2D eigenvalue weighted by Gasteiger charge is -2.45. The molecule has 0 amide bonds. The van der Waals surface area contributed by atoms with Crippen LogP contribution in [0.2, 0.25) is 0 Å². The monoisotopic (exact) mass is 307 g/mol. The number of alkyl halides is 1. The molecular weight excluding hydrogens is 294 g/mol. The third kappa shape index (κ3) is 2.24. The molecule has 5 heteroatoms. The standard InChI is InChI=1S/C15H14ClNO2S/c16-15(13-7-3-1-4-8-13)11-17(12-15)20(18,19)14-9-5-2-6-10-14/h1-10H,11-12H2. The van der Waals surface area contributed by atoms with Crippen molar-refractivity contribution in [3.05, 3.63) is 66.2 Å². The van der Waals surface area contributed by atoms with Crippen LogP contribution in [0.3, 0.4) is 0 Å². The topological polar surface area (TPSA) is 37.4 Å². The van der Waals surface area contributed by atoms with Crippen LogP contribution >= 0.6 is 11.6 Å². The SMILES string of the molecule is O=S(=O)(c1ccccc1)N1CC(Cl)(c2ccccc2)C1. The highest BCUT2D eigenvalue weighted by molar-refractivity contribution is 7.89. The zero-order valence-corrected chi connectivity index (χ0v) is 12.3. The van der Waals surface area contributed by atoms with E-state index in [9.17, 15) is 8.42 Å². The molecular formula is C15H14ClNO2S. The fraction of sp³-hybridized carbons (Fsp3) is 0.200. The summed E-state index contributed by atoms with van der Waals surface area (Å²) in [6.07, 6.45) is 0. The van der Waals surface area contributed by atoms with Crippen molar-refractivity contribution in [1.82, 2.24) is 4.31 Å². The maximum Gasteiger partial charge on any atom is 0.243 e. The van der Waals surface area contributed by atoms with Gasteiger partial charge in [-0.1, -0.05) is 48.5 Å². The molecule has 1 saturated heterocycles. The van der Waals surface area contributed by atoms with Gasteiger partial charge in [0, 0.05) is 13.1 Å². The normalized spacial score (nSPS) is 18.4. The van der Waals surface area contributed by atoms with Gasteiger partial charge in [0.2, 0.25) is 10.0 Å². The molecule has 0 aliphatic carbocycles. The Morgan fingerprint density at radius 1 is 0.900 bits per heavy atom. The van der Waals surface area contributed by atoms with E-state index in [1.165, 1.54) is 4.31 Å². The van der Waals surface area contributed by atoms with Crippen molar-refractivity contribution in [1.29, 1.82) is 0 Å². The van der Waals surface area contributed by atoms with Crippen LogP contribution in [0.15, 0.2) is 65.6 Å². The van der Waals surface area contributed by atoms with E-state index in [2.05, 4.69) is 0 Å². The first-order valence-electron chi connectivity index (χ1n) is 6.32.